The Kier molecular flexibility index (Phi) is 4.43. The van der Waals surface area contributed by atoms with E-state index in [4.69, 9.17) is 5.84 Å². The van der Waals surface area contributed by atoms with Crippen molar-refractivity contribution in [2.24, 2.45) is 5.84 Å². The van der Waals surface area contributed by atoms with E-state index in [1.54, 1.807) is 18.3 Å². The molecule has 0 aliphatic carbocycles. The number of nitrogens with two attached hydrogens (primary N) is 1. The second-order valence-electron chi connectivity index (χ2n) is 4.50. The Morgan fingerprint density at radius 1 is 1.21 bits per heavy atom. The van der Waals surface area contributed by atoms with Gasteiger partial charge in [-0.3, -0.25) is 4.90 Å². The lowest BCUT2D eigenvalue weighted by atomic mass is 10.2. The van der Waals surface area contributed by atoms with E-state index < -0.39 is 0 Å². The Labute approximate surface area is 112 Å². The van der Waals surface area contributed by atoms with Crippen molar-refractivity contribution in [3.63, 3.8) is 0 Å². The average Bonchev–Trinajstić information content (AvgIpc) is 2.38. The van der Waals surface area contributed by atoms with Crippen LogP contribution in [0.15, 0.2) is 42.6 Å². The Balaban J connectivity index is 1.98. The van der Waals surface area contributed by atoms with E-state index in [1.807, 2.05) is 25.2 Å². The van der Waals surface area contributed by atoms with Gasteiger partial charge in [0.2, 0.25) is 0 Å². The molecule has 0 saturated heterocycles. The number of nitrogens with zero attached hydrogens (tertiary/aromatic N) is 2. The van der Waals surface area contributed by atoms with Gasteiger partial charge >= 0.3 is 0 Å². The third-order valence-electron chi connectivity index (χ3n) is 2.77. The van der Waals surface area contributed by atoms with Crippen molar-refractivity contribution in [3.05, 3.63) is 59.5 Å². The predicted octanol–water partition coefficient (Wildman–Crippen LogP) is 2.14. The quantitative estimate of drug-likeness (QED) is 0.639. The molecule has 19 heavy (non-hydrogen) atoms. The third-order valence-corrected chi connectivity index (χ3v) is 2.77. The SMILES string of the molecule is CN(Cc1cccc(F)c1)Cc1ccnc(NN)c1. The average molecular weight is 260 g/mol. The molecule has 0 spiro atoms. The molecular weight excluding hydrogens is 243 g/mol. The molecule has 0 bridgehead atoms. The lowest BCUT2D eigenvalue weighted by Gasteiger charge is -2.17. The Bertz CT molecular complexity index is 544. The highest BCUT2D eigenvalue weighted by molar-refractivity contribution is 5.35. The molecule has 0 radical (unpaired) electrons. The molecule has 100 valence electrons. The minimum Gasteiger partial charge on any atom is -0.308 e. The number of pyridine rings is 1. The summed E-state index contributed by atoms with van der Waals surface area (Å²) in [6.45, 7) is 1.43. The van der Waals surface area contributed by atoms with E-state index in [0.717, 1.165) is 17.7 Å². The maximum Gasteiger partial charge on any atom is 0.140 e. The number of benzene rings is 1. The molecule has 4 nitrogen and oxygen atoms in total. The summed E-state index contributed by atoms with van der Waals surface area (Å²) < 4.78 is 13.1. The van der Waals surface area contributed by atoms with Crippen molar-refractivity contribution in [1.82, 2.24) is 9.88 Å². The first-order chi connectivity index (χ1) is 9.17. The fourth-order valence-corrected chi connectivity index (χ4v) is 1.97. The molecule has 2 aromatic rings. The van der Waals surface area contributed by atoms with Crippen LogP contribution in [0.25, 0.3) is 0 Å². The van der Waals surface area contributed by atoms with Gasteiger partial charge in [-0.1, -0.05) is 12.1 Å². The predicted molar refractivity (Wildman–Crippen MR) is 73.6 cm³/mol. The molecule has 0 aliphatic rings. The Morgan fingerprint density at radius 3 is 2.63 bits per heavy atom. The highest BCUT2D eigenvalue weighted by atomic mass is 19.1. The van der Waals surface area contributed by atoms with Gasteiger partial charge in [0.05, 0.1) is 0 Å². The van der Waals surface area contributed by atoms with Crippen LogP contribution in [-0.4, -0.2) is 16.9 Å². The highest BCUT2D eigenvalue weighted by Gasteiger charge is 2.03. The standard InChI is InChI=1S/C14H17FN4/c1-19(9-11-3-2-4-13(15)7-11)10-12-5-6-17-14(8-12)18-16/h2-8H,9-10,16H2,1H3,(H,17,18). The molecule has 0 unspecified atom stereocenters. The van der Waals surface area contributed by atoms with Crippen LogP contribution in [0, 0.1) is 5.82 Å². The lowest BCUT2D eigenvalue weighted by molar-refractivity contribution is 0.318. The summed E-state index contributed by atoms with van der Waals surface area (Å²) in [6, 6.07) is 10.5. The summed E-state index contributed by atoms with van der Waals surface area (Å²) in [5.41, 5.74) is 4.57. The molecule has 1 heterocycles. The van der Waals surface area contributed by atoms with E-state index in [2.05, 4.69) is 15.3 Å². The molecule has 1 aromatic heterocycles. The molecule has 0 aliphatic heterocycles. The number of nitrogens with one attached hydrogen (secondary N) is 1. The van der Waals surface area contributed by atoms with Crippen LogP contribution in [0.5, 0.6) is 0 Å². The first-order valence-electron chi connectivity index (χ1n) is 6.02. The minimum absolute atomic E-state index is 0.204. The number of rotatable bonds is 5. The number of anilines is 1. The van der Waals surface area contributed by atoms with Crippen molar-refractivity contribution in [3.8, 4) is 0 Å². The van der Waals surface area contributed by atoms with Gasteiger partial charge in [0.15, 0.2) is 0 Å². The largest absolute Gasteiger partial charge is 0.308 e. The number of halogens is 1. The fourth-order valence-electron chi connectivity index (χ4n) is 1.97. The summed E-state index contributed by atoms with van der Waals surface area (Å²) in [5.74, 6) is 5.75. The zero-order chi connectivity index (χ0) is 13.7. The van der Waals surface area contributed by atoms with Crippen LogP contribution in [0.4, 0.5) is 10.2 Å². The van der Waals surface area contributed by atoms with Gasteiger partial charge in [-0.25, -0.2) is 15.2 Å². The first kappa shape index (κ1) is 13.5. The molecule has 0 fully saturated rings. The van der Waals surface area contributed by atoms with Crippen molar-refractivity contribution in [1.29, 1.82) is 0 Å². The number of hydrazine groups is 1. The summed E-state index contributed by atoms with van der Waals surface area (Å²) >= 11 is 0. The van der Waals surface area contributed by atoms with Crippen molar-refractivity contribution in [2.45, 2.75) is 13.1 Å². The maximum absolute atomic E-state index is 13.1. The molecule has 0 amide bonds. The van der Waals surface area contributed by atoms with E-state index in [9.17, 15) is 4.39 Å². The van der Waals surface area contributed by atoms with Crippen LogP contribution in [0.3, 0.4) is 0 Å². The van der Waals surface area contributed by atoms with E-state index in [0.29, 0.717) is 12.4 Å². The van der Waals surface area contributed by atoms with Gasteiger partial charge < -0.3 is 5.43 Å². The van der Waals surface area contributed by atoms with Crippen LogP contribution in [-0.2, 0) is 13.1 Å². The normalized spacial score (nSPS) is 10.7. The van der Waals surface area contributed by atoms with Crippen molar-refractivity contribution < 1.29 is 4.39 Å². The smallest absolute Gasteiger partial charge is 0.140 e. The highest BCUT2D eigenvalue weighted by Crippen LogP contribution is 2.11. The van der Waals surface area contributed by atoms with Crippen molar-refractivity contribution >= 4 is 5.82 Å². The fraction of sp³-hybridized carbons (Fsp3) is 0.214. The van der Waals surface area contributed by atoms with E-state index >= 15 is 0 Å². The number of hydrogen-bond acceptors (Lipinski definition) is 4. The van der Waals surface area contributed by atoms with Gasteiger partial charge in [0.25, 0.3) is 0 Å². The van der Waals surface area contributed by atoms with Gasteiger partial charge in [0, 0.05) is 19.3 Å². The van der Waals surface area contributed by atoms with Gasteiger partial charge in [-0.05, 0) is 42.4 Å². The molecule has 1 aromatic carbocycles. The monoisotopic (exact) mass is 260 g/mol. The summed E-state index contributed by atoms with van der Waals surface area (Å²) in [6.07, 6.45) is 1.71. The van der Waals surface area contributed by atoms with Crippen LogP contribution in [0.2, 0.25) is 0 Å². The molecule has 5 heteroatoms. The molecule has 3 N–H and O–H groups in total. The topological polar surface area (TPSA) is 54.2 Å². The molecule has 0 atom stereocenters. The number of hydrogen-bond donors (Lipinski definition) is 2. The Hall–Kier alpha value is -1.98. The van der Waals surface area contributed by atoms with Gasteiger partial charge in [-0.15, -0.1) is 0 Å². The van der Waals surface area contributed by atoms with E-state index in [1.165, 1.54) is 6.07 Å². The zero-order valence-corrected chi connectivity index (χ0v) is 10.8. The summed E-state index contributed by atoms with van der Waals surface area (Å²) in [7, 11) is 1.99. The maximum atomic E-state index is 13.1. The second kappa shape index (κ2) is 6.26. The van der Waals surface area contributed by atoms with E-state index in [-0.39, 0.29) is 5.82 Å². The van der Waals surface area contributed by atoms with Crippen LogP contribution < -0.4 is 11.3 Å². The first-order valence-corrected chi connectivity index (χ1v) is 6.02. The van der Waals surface area contributed by atoms with Crippen LogP contribution in [0.1, 0.15) is 11.1 Å². The third kappa shape index (κ3) is 4.01. The molecule has 0 saturated carbocycles. The Morgan fingerprint density at radius 2 is 1.95 bits per heavy atom. The summed E-state index contributed by atoms with van der Waals surface area (Å²) in [4.78, 5) is 6.16. The lowest BCUT2D eigenvalue weighted by Crippen LogP contribution is -2.18. The zero-order valence-electron chi connectivity index (χ0n) is 10.8. The van der Waals surface area contributed by atoms with Gasteiger partial charge in [0.1, 0.15) is 11.6 Å². The molecular formula is C14H17FN4. The number of nitrogen functional groups attached to an aromatic ring is 1. The summed E-state index contributed by atoms with van der Waals surface area (Å²) in [5, 5.41) is 0. The second-order valence-corrected chi connectivity index (χ2v) is 4.50. The van der Waals surface area contributed by atoms with Crippen LogP contribution >= 0.6 is 0 Å². The van der Waals surface area contributed by atoms with Gasteiger partial charge in [-0.2, -0.15) is 0 Å². The number of aromatic nitrogens is 1. The van der Waals surface area contributed by atoms with Crippen molar-refractivity contribution in [2.75, 3.05) is 12.5 Å². The minimum atomic E-state index is -0.204. The molecule has 2 rings (SSSR count).